The molecule has 0 saturated heterocycles. The van der Waals surface area contributed by atoms with Crippen LogP contribution in [0.3, 0.4) is 0 Å². The second kappa shape index (κ2) is 6.95. The van der Waals surface area contributed by atoms with Gasteiger partial charge in [0.15, 0.2) is 5.82 Å². The van der Waals surface area contributed by atoms with Gasteiger partial charge in [0.05, 0.1) is 12.2 Å². The van der Waals surface area contributed by atoms with Crippen LogP contribution >= 0.6 is 15.9 Å². The van der Waals surface area contributed by atoms with Gasteiger partial charge in [0.2, 0.25) is 0 Å². The highest BCUT2D eigenvalue weighted by molar-refractivity contribution is 9.10. The van der Waals surface area contributed by atoms with Gasteiger partial charge in [-0.25, -0.2) is 0 Å². The first-order chi connectivity index (χ1) is 9.61. The Hall–Kier alpha value is -1.27. The fourth-order valence-electron chi connectivity index (χ4n) is 2.02. The van der Waals surface area contributed by atoms with Gasteiger partial charge >= 0.3 is 0 Å². The van der Waals surface area contributed by atoms with Gasteiger partial charge in [0, 0.05) is 4.47 Å². The maximum absolute atomic E-state index is 4.12. The molecule has 0 unspecified atom stereocenters. The number of rotatable bonds is 6. The molecule has 0 aliphatic carbocycles. The van der Waals surface area contributed by atoms with Crippen LogP contribution in [-0.2, 0) is 13.0 Å². The van der Waals surface area contributed by atoms with Crippen molar-refractivity contribution in [2.45, 2.75) is 33.7 Å². The molecule has 0 fully saturated rings. The van der Waals surface area contributed by atoms with Crippen molar-refractivity contribution in [1.29, 1.82) is 0 Å². The van der Waals surface area contributed by atoms with E-state index in [9.17, 15) is 0 Å². The van der Waals surface area contributed by atoms with Gasteiger partial charge in [-0.1, -0.05) is 36.7 Å². The van der Waals surface area contributed by atoms with E-state index in [0.29, 0.717) is 12.5 Å². The van der Waals surface area contributed by atoms with Crippen molar-refractivity contribution >= 4 is 15.9 Å². The highest BCUT2D eigenvalue weighted by Gasteiger charge is 2.11. The molecule has 0 spiro atoms. The Morgan fingerprint density at radius 3 is 2.85 bits per heavy atom. The molecule has 0 aliphatic rings. The fourth-order valence-corrected chi connectivity index (χ4v) is 2.43. The number of hydrogen-bond donors (Lipinski definition) is 1. The van der Waals surface area contributed by atoms with Gasteiger partial charge in [0.25, 0.3) is 0 Å². The highest BCUT2D eigenvalue weighted by Crippen LogP contribution is 2.20. The van der Waals surface area contributed by atoms with Crippen molar-refractivity contribution in [3.05, 3.63) is 34.1 Å². The van der Waals surface area contributed by atoms with E-state index < -0.39 is 0 Å². The first kappa shape index (κ1) is 15.1. The van der Waals surface area contributed by atoms with Crippen molar-refractivity contribution in [1.82, 2.24) is 25.5 Å². The van der Waals surface area contributed by atoms with E-state index in [4.69, 9.17) is 0 Å². The molecule has 2 aromatic rings. The molecule has 108 valence electrons. The van der Waals surface area contributed by atoms with Crippen molar-refractivity contribution < 1.29 is 0 Å². The lowest BCUT2D eigenvalue weighted by atomic mass is 10.1. The summed E-state index contributed by atoms with van der Waals surface area (Å²) in [6.45, 7) is 8.12. The quantitative estimate of drug-likeness (QED) is 0.880. The van der Waals surface area contributed by atoms with Crippen LogP contribution in [0, 0.1) is 5.92 Å². The number of tetrazole rings is 1. The molecular formula is C14H20BrN5. The average molecular weight is 338 g/mol. The second-order valence-electron chi connectivity index (χ2n) is 5.16. The topological polar surface area (TPSA) is 55.6 Å². The molecule has 1 N–H and O–H groups in total. The number of halogens is 1. The van der Waals surface area contributed by atoms with E-state index in [-0.39, 0.29) is 0 Å². The lowest BCUT2D eigenvalue weighted by molar-refractivity contribution is 0.537. The fraction of sp³-hybridized carbons (Fsp3) is 0.500. The smallest absolute Gasteiger partial charge is 0.170 e. The molecule has 2 rings (SSSR count). The summed E-state index contributed by atoms with van der Waals surface area (Å²) in [5.74, 6) is 1.45. The van der Waals surface area contributed by atoms with Gasteiger partial charge in [-0.2, -0.15) is 4.68 Å². The van der Waals surface area contributed by atoms with Crippen molar-refractivity contribution in [2.24, 2.45) is 5.92 Å². The second-order valence-corrected chi connectivity index (χ2v) is 6.07. The zero-order valence-electron chi connectivity index (χ0n) is 12.1. The Morgan fingerprint density at radius 2 is 2.15 bits per heavy atom. The minimum absolute atomic E-state index is 0.609. The van der Waals surface area contributed by atoms with E-state index in [2.05, 4.69) is 63.6 Å². The third-order valence-electron chi connectivity index (χ3n) is 3.02. The molecule has 6 heteroatoms. The number of nitrogens with zero attached hydrogens (tertiary/aromatic N) is 4. The minimum atomic E-state index is 0.609. The van der Waals surface area contributed by atoms with Gasteiger partial charge in [0.1, 0.15) is 0 Å². The average Bonchev–Trinajstić information content (AvgIpc) is 2.86. The van der Waals surface area contributed by atoms with Crippen LogP contribution in [0.1, 0.15) is 32.2 Å². The predicted octanol–water partition coefficient (Wildman–Crippen LogP) is 2.73. The summed E-state index contributed by atoms with van der Waals surface area (Å²) >= 11 is 3.50. The molecule has 0 atom stereocenters. The standard InChI is InChI=1S/C14H20BrN5/c1-4-11-7-12(15)5-6-13(11)20-14(17-18-19-20)9-16-8-10(2)3/h5-7,10,16H,4,8-9H2,1-3H3. The Balaban J connectivity index is 2.23. The summed E-state index contributed by atoms with van der Waals surface area (Å²) in [5.41, 5.74) is 2.26. The Morgan fingerprint density at radius 1 is 1.35 bits per heavy atom. The van der Waals surface area contributed by atoms with E-state index in [1.807, 2.05) is 16.8 Å². The SMILES string of the molecule is CCc1cc(Br)ccc1-n1nnnc1CNCC(C)C. The highest BCUT2D eigenvalue weighted by atomic mass is 79.9. The summed E-state index contributed by atoms with van der Waals surface area (Å²) in [7, 11) is 0. The van der Waals surface area contributed by atoms with Gasteiger partial charge in [-0.15, -0.1) is 5.10 Å². The minimum Gasteiger partial charge on any atom is -0.310 e. The molecule has 1 aromatic carbocycles. The van der Waals surface area contributed by atoms with Crippen molar-refractivity contribution in [3.63, 3.8) is 0 Å². The van der Waals surface area contributed by atoms with E-state index in [1.165, 1.54) is 5.56 Å². The molecule has 20 heavy (non-hydrogen) atoms. The molecule has 0 aliphatic heterocycles. The number of hydrogen-bond acceptors (Lipinski definition) is 4. The summed E-state index contributed by atoms with van der Waals surface area (Å²) in [5, 5.41) is 15.4. The molecule has 5 nitrogen and oxygen atoms in total. The normalized spacial score (nSPS) is 11.2. The van der Waals surface area contributed by atoms with Crippen LogP contribution < -0.4 is 5.32 Å². The zero-order chi connectivity index (χ0) is 14.5. The van der Waals surface area contributed by atoms with Crippen molar-refractivity contribution in [3.8, 4) is 5.69 Å². The molecule has 0 radical (unpaired) electrons. The maximum atomic E-state index is 4.12. The Kier molecular flexibility index (Phi) is 5.25. The summed E-state index contributed by atoms with van der Waals surface area (Å²) in [6.07, 6.45) is 0.938. The van der Waals surface area contributed by atoms with Crippen LogP contribution in [-0.4, -0.2) is 26.8 Å². The predicted molar refractivity (Wildman–Crippen MR) is 82.8 cm³/mol. The monoisotopic (exact) mass is 337 g/mol. The molecular weight excluding hydrogens is 318 g/mol. The molecule has 1 heterocycles. The van der Waals surface area contributed by atoms with E-state index >= 15 is 0 Å². The maximum Gasteiger partial charge on any atom is 0.170 e. The van der Waals surface area contributed by atoms with Gasteiger partial charge in [-0.05, 0) is 53.1 Å². The third kappa shape index (κ3) is 3.64. The summed E-state index contributed by atoms with van der Waals surface area (Å²) < 4.78 is 2.89. The largest absolute Gasteiger partial charge is 0.310 e. The van der Waals surface area contributed by atoms with Gasteiger partial charge in [-0.3, -0.25) is 0 Å². The van der Waals surface area contributed by atoms with E-state index in [0.717, 1.165) is 29.0 Å². The lowest BCUT2D eigenvalue weighted by Gasteiger charge is -2.11. The number of benzene rings is 1. The molecule has 1 aromatic heterocycles. The van der Waals surface area contributed by atoms with Crippen LogP contribution in [0.5, 0.6) is 0 Å². The number of aromatic nitrogens is 4. The van der Waals surface area contributed by atoms with Crippen LogP contribution in [0.25, 0.3) is 5.69 Å². The molecule has 0 bridgehead atoms. The van der Waals surface area contributed by atoms with E-state index in [1.54, 1.807) is 0 Å². The Labute approximate surface area is 127 Å². The van der Waals surface area contributed by atoms with Crippen molar-refractivity contribution in [2.75, 3.05) is 6.54 Å². The van der Waals surface area contributed by atoms with Crippen LogP contribution in [0.15, 0.2) is 22.7 Å². The number of aryl methyl sites for hydroxylation is 1. The third-order valence-corrected chi connectivity index (χ3v) is 3.51. The Bertz CT molecular complexity index is 564. The zero-order valence-corrected chi connectivity index (χ0v) is 13.7. The summed E-state index contributed by atoms with van der Waals surface area (Å²) in [4.78, 5) is 0. The lowest BCUT2D eigenvalue weighted by Crippen LogP contribution is -2.21. The molecule has 0 amide bonds. The van der Waals surface area contributed by atoms with Crippen LogP contribution in [0.2, 0.25) is 0 Å². The summed E-state index contributed by atoms with van der Waals surface area (Å²) in [6, 6.07) is 6.18. The van der Waals surface area contributed by atoms with Crippen LogP contribution in [0.4, 0.5) is 0 Å². The van der Waals surface area contributed by atoms with Gasteiger partial charge < -0.3 is 5.32 Å². The molecule has 0 saturated carbocycles. The number of nitrogens with one attached hydrogen (secondary N) is 1. The first-order valence-corrected chi connectivity index (χ1v) is 7.68. The first-order valence-electron chi connectivity index (χ1n) is 6.88.